The van der Waals surface area contributed by atoms with Crippen molar-refractivity contribution in [3.05, 3.63) is 29.8 Å². The van der Waals surface area contributed by atoms with Crippen LogP contribution in [-0.2, 0) is 11.2 Å². The molecule has 0 saturated carbocycles. The smallest absolute Gasteiger partial charge is 0.321 e. The number of rotatable bonds is 5. The summed E-state index contributed by atoms with van der Waals surface area (Å²) < 4.78 is 0. The van der Waals surface area contributed by atoms with Crippen molar-refractivity contribution in [3.63, 3.8) is 0 Å². The zero-order valence-corrected chi connectivity index (χ0v) is 11.0. The number of likely N-dealkylation sites (N-methyl/N-ethyl adjacent to an activating group) is 1. The van der Waals surface area contributed by atoms with Crippen LogP contribution in [0.15, 0.2) is 24.3 Å². The first-order chi connectivity index (χ1) is 8.95. The Balaban J connectivity index is 2.81. The van der Waals surface area contributed by atoms with Crippen LogP contribution in [0.2, 0.25) is 0 Å². The Kier molecular flexibility index (Phi) is 5.32. The summed E-state index contributed by atoms with van der Waals surface area (Å²) in [5.74, 6) is -0.959. The minimum Gasteiger partial charge on any atom is -0.481 e. The molecule has 1 rings (SSSR count). The van der Waals surface area contributed by atoms with Crippen LogP contribution < -0.4 is 5.32 Å². The molecule has 1 unspecified atom stereocenters. The number of urea groups is 1. The molecule has 104 valence electrons. The number of hydrogen-bond donors (Lipinski definition) is 3. The summed E-state index contributed by atoms with van der Waals surface area (Å²) in [6.07, 6.45) is -0.157. The Morgan fingerprint density at radius 2 is 2.00 bits per heavy atom. The van der Waals surface area contributed by atoms with Gasteiger partial charge in [0.25, 0.3) is 0 Å². The fourth-order valence-electron chi connectivity index (χ4n) is 1.49. The van der Waals surface area contributed by atoms with Gasteiger partial charge in [-0.25, -0.2) is 4.79 Å². The van der Waals surface area contributed by atoms with Gasteiger partial charge in [-0.05, 0) is 18.6 Å². The standard InChI is InChI=1S/C13H18N2O4/c1-9(8-16)15(2)13(19)14-11-6-4-3-5-10(11)7-12(17)18/h3-6,9,16H,7-8H2,1-2H3,(H,14,19)(H,17,18). The van der Waals surface area contributed by atoms with E-state index < -0.39 is 5.97 Å². The molecule has 0 radical (unpaired) electrons. The molecule has 6 nitrogen and oxygen atoms in total. The predicted octanol–water partition coefficient (Wildman–Crippen LogP) is 1.16. The van der Waals surface area contributed by atoms with Crippen molar-refractivity contribution in [2.24, 2.45) is 0 Å². The number of carboxylic acids is 1. The van der Waals surface area contributed by atoms with Crippen molar-refractivity contribution in [2.75, 3.05) is 19.0 Å². The van der Waals surface area contributed by atoms with E-state index in [1.54, 1.807) is 38.2 Å². The number of nitrogens with one attached hydrogen (secondary N) is 1. The van der Waals surface area contributed by atoms with E-state index in [-0.39, 0.29) is 25.1 Å². The van der Waals surface area contributed by atoms with Crippen molar-refractivity contribution in [1.82, 2.24) is 4.90 Å². The lowest BCUT2D eigenvalue weighted by molar-refractivity contribution is -0.136. The number of carbonyl (C=O) groups is 2. The molecule has 0 heterocycles. The van der Waals surface area contributed by atoms with E-state index in [9.17, 15) is 9.59 Å². The van der Waals surface area contributed by atoms with Crippen LogP contribution in [0.4, 0.5) is 10.5 Å². The predicted molar refractivity (Wildman–Crippen MR) is 71.1 cm³/mol. The lowest BCUT2D eigenvalue weighted by Crippen LogP contribution is -2.40. The summed E-state index contributed by atoms with van der Waals surface area (Å²) >= 11 is 0. The van der Waals surface area contributed by atoms with Crippen LogP contribution in [0.5, 0.6) is 0 Å². The van der Waals surface area contributed by atoms with Gasteiger partial charge in [-0.3, -0.25) is 4.79 Å². The first-order valence-electron chi connectivity index (χ1n) is 5.90. The summed E-state index contributed by atoms with van der Waals surface area (Å²) in [5.41, 5.74) is 1.00. The van der Waals surface area contributed by atoms with Crippen LogP contribution in [-0.4, -0.2) is 46.8 Å². The van der Waals surface area contributed by atoms with Gasteiger partial charge in [0.2, 0.25) is 0 Å². The van der Waals surface area contributed by atoms with Gasteiger partial charge in [-0.2, -0.15) is 0 Å². The maximum atomic E-state index is 11.9. The molecule has 0 spiro atoms. The van der Waals surface area contributed by atoms with Gasteiger partial charge in [0.15, 0.2) is 0 Å². The highest BCUT2D eigenvalue weighted by molar-refractivity contribution is 5.91. The highest BCUT2D eigenvalue weighted by atomic mass is 16.4. The first kappa shape index (κ1) is 15.0. The molecule has 0 fully saturated rings. The summed E-state index contributed by atoms with van der Waals surface area (Å²) in [6.45, 7) is 1.57. The fraction of sp³-hybridized carbons (Fsp3) is 0.385. The summed E-state index contributed by atoms with van der Waals surface area (Å²) in [5, 5.41) is 20.4. The molecular formula is C13H18N2O4. The van der Waals surface area contributed by atoms with Crippen LogP contribution in [0.25, 0.3) is 0 Å². The highest BCUT2D eigenvalue weighted by Crippen LogP contribution is 2.16. The average molecular weight is 266 g/mol. The lowest BCUT2D eigenvalue weighted by Gasteiger charge is -2.24. The second-order valence-electron chi connectivity index (χ2n) is 4.30. The number of aliphatic hydroxyl groups is 1. The molecule has 0 aliphatic rings. The summed E-state index contributed by atoms with van der Waals surface area (Å²) in [4.78, 5) is 24.0. The SMILES string of the molecule is CC(CO)N(C)C(=O)Nc1ccccc1CC(=O)O. The Morgan fingerprint density at radius 3 is 2.58 bits per heavy atom. The number of aliphatic hydroxyl groups excluding tert-OH is 1. The quantitative estimate of drug-likeness (QED) is 0.746. The van der Waals surface area contributed by atoms with E-state index in [0.717, 1.165) is 0 Å². The van der Waals surface area contributed by atoms with Gasteiger partial charge in [0.1, 0.15) is 0 Å². The number of carboxylic acid groups (broad SMARTS) is 1. The number of aliphatic carboxylic acids is 1. The molecule has 1 aromatic carbocycles. The van der Waals surface area contributed by atoms with E-state index in [1.807, 2.05) is 0 Å². The summed E-state index contributed by atoms with van der Waals surface area (Å²) in [6, 6.07) is 6.03. The third kappa shape index (κ3) is 4.26. The molecule has 2 amide bonds. The third-order valence-electron chi connectivity index (χ3n) is 2.85. The van der Waals surface area contributed by atoms with Gasteiger partial charge in [0, 0.05) is 12.7 Å². The number of benzene rings is 1. The fourth-order valence-corrected chi connectivity index (χ4v) is 1.49. The van der Waals surface area contributed by atoms with Crippen LogP contribution in [0.1, 0.15) is 12.5 Å². The van der Waals surface area contributed by atoms with Gasteiger partial charge in [-0.15, -0.1) is 0 Å². The average Bonchev–Trinajstić information content (AvgIpc) is 2.38. The Morgan fingerprint density at radius 1 is 1.37 bits per heavy atom. The largest absolute Gasteiger partial charge is 0.481 e. The second kappa shape index (κ2) is 6.75. The van der Waals surface area contributed by atoms with E-state index in [0.29, 0.717) is 11.3 Å². The molecular weight excluding hydrogens is 248 g/mol. The Bertz CT molecular complexity index is 462. The van der Waals surface area contributed by atoms with Crippen molar-refractivity contribution in [1.29, 1.82) is 0 Å². The number of anilines is 1. The highest BCUT2D eigenvalue weighted by Gasteiger charge is 2.16. The summed E-state index contributed by atoms with van der Waals surface area (Å²) in [7, 11) is 1.57. The van der Waals surface area contributed by atoms with Crippen LogP contribution in [0, 0.1) is 0 Å². The molecule has 3 N–H and O–H groups in total. The maximum Gasteiger partial charge on any atom is 0.321 e. The molecule has 19 heavy (non-hydrogen) atoms. The molecule has 0 aromatic heterocycles. The van der Waals surface area contributed by atoms with Crippen molar-refractivity contribution in [2.45, 2.75) is 19.4 Å². The molecule has 0 aliphatic heterocycles. The first-order valence-corrected chi connectivity index (χ1v) is 5.90. The maximum absolute atomic E-state index is 11.9. The number of hydrogen-bond acceptors (Lipinski definition) is 3. The molecule has 0 aliphatic carbocycles. The van der Waals surface area contributed by atoms with Gasteiger partial charge in [-0.1, -0.05) is 18.2 Å². The van der Waals surface area contributed by atoms with Gasteiger partial charge in [0.05, 0.1) is 19.1 Å². The minimum absolute atomic E-state index is 0.138. The van der Waals surface area contributed by atoms with E-state index >= 15 is 0 Å². The van der Waals surface area contributed by atoms with Crippen LogP contribution >= 0.6 is 0 Å². The zero-order chi connectivity index (χ0) is 14.4. The monoisotopic (exact) mass is 266 g/mol. The topological polar surface area (TPSA) is 89.9 Å². The van der Waals surface area contributed by atoms with Gasteiger partial charge >= 0.3 is 12.0 Å². The Labute approximate surface area is 111 Å². The normalized spacial score (nSPS) is 11.7. The number of carbonyl (C=O) groups excluding carboxylic acids is 1. The van der Waals surface area contributed by atoms with Gasteiger partial charge < -0.3 is 20.4 Å². The minimum atomic E-state index is -0.959. The van der Waals surface area contributed by atoms with Crippen molar-refractivity contribution < 1.29 is 19.8 Å². The third-order valence-corrected chi connectivity index (χ3v) is 2.85. The Hall–Kier alpha value is -2.08. The van der Waals surface area contributed by atoms with E-state index in [4.69, 9.17) is 10.2 Å². The van der Waals surface area contributed by atoms with Crippen molar-refractivity contribution in [3.8, 4) is 0 Å². The number of nitrogens with zero attached hydrogens (tertiary/aromatic N) is 1. The van der Waals surface area contributed by atoms with Crippen molar-refractivity contribution >= 4 is 17.7 Å². The number of amides is 2. The second-order valence-corrected chi connectivity index (χ2v) is 4.30. The molecule has 6 heteroatoms. The lowest BCUT2D eigenvalue weighted by atomic mass is 10.1. The zero-order valence-electron chi connectivity index (χ0n) is 11.0. The molecule has 0 bridgehead atoms. The molecule has 0 saturated heterocycles. The van der Waals surface area contributed by atoms with Crippen LogP contribution in [0.3, 0.4) is 0 Å². The number of para-hydroxylation sites is 1. The van der Waals surface area contributed by atoms with E-state index in [1.165, 1.54) is 4.90 Å². The molecule has 1 aromatic rings. The molecule has 1 atom stereocenters. The van der Waals surface area contributed by atoms with E-state index in [2.05, 4.69) is 5.32 Å².